The molecular formula is C13H11F3N2O2. The standard InChI is InChI=1S/C13H11F3N2O2/c1-2-18-7-10(6-17-18)20-12-4-3-9(8-19)5-11(12)13(14,15)16/h3-8H,2H2,1H3. The lowest BCUT2D eigenvalue weighted by molar-refractivity contribution is -0.138. The Morgan fingerprint density at radius 1 is 1.40 bits per heavy atom. The van der Waals surface area contributed by atoms with Crippen LogP contribution in [-0.4, -0.2) is 16.1 Å². The SMILES string of the molecule is CCn1cc(Oc2ccc(C=O)cc2C(F)(F)F)cn1. The van der Waals surface area contributed by atoms with Gasteiger partial charge in [0.1, 0.15) is 12.0 Å². The van der Waals surface area contributed by atoms with Gasteiger partial charge in [0, 0.05) is 12.1 Å². The van der Waals surface area contributed by atoms with Crippen molar-refractivity contribution >= 4 is 6.29 Å². The zero-order valence-electron chi connectivity index (χ0n) is 10.5. The van der Waals surface area contributed by atoms with Crippen LogP contribution in [0, 0.1) is 0 Å². The molecular weight excluding hydrogens is 273 g/mol. The molecule has 0 amide bonds. The maximum atomic E-state index is 12.9. The summed E-state index contributed by atoms with van der Waals surface area (Å²) in [4.78, 5) is 10.6. The van der Waals surface area contributed by atoms with Crippen molar-refractivity contribution in [3.63, 3.8) is 0 Å². The van der Waals surface area contributed by atoms with Gasteiger partial charge in [-0.15, -0.1) is 0 Å². The van der Waals surface area contributed by atoms with Crippen LogP contribution in [0.5, 0.6) is 11.5 Å². The van der Waals surface area contributed by atoms with Crippen LogP contribution in [0.2, 0.25) is 0 Å². The van der Waals surface area contributed by atoms with Gasteiger partial charge < -0.3 is 4.74 Å². The van der Waals surface area contributed by atoms with E-state index in [4.69, 9.17) is 4.74 Å². The van der Waals surface area contributed by atoms with Crippen LogP contribution in [0.1, 0.15) is 22.8 Å². The van der Waals surface area contributed by atoms with Crippen molar-refractivity contribution in [2.24, 2.45) is 0 Å². The van der Waals surface area contributed by atoms with Crippen LogP contribution in [-0.2, 0) is 12.7 Å². The number of alkyl halides is 3. The Morgan fingerprint density at radius 3 is 2.70 bits per heavy atom. The molecule has 4 nitrogen and oxygen atoms in total. The lowest BCUT2D eigenvalue weighted by Gasteiger charge is -2.13. The molecule has 0 N–H and O–H groups in total. The van der Waals surface area contributed by atoms with Gasteiger partial charge in [0.25, 0.3) is 0 Å². The molecule has 1 aromatic heterocycles. The van der Waals surface area contributed by atoms with Gasteiger partial charge >= 0.3 is 6.18 Å². The van der Waals surface area contributed by atoms with Crippen molar-refractivity contribution < 1.29 is 22.7 Å². The lowest BCUT2D eigenvalue weighted by atomic mass is 10.1. The van der Waals surface area contributed by atoms with E-state index in [1.807, 2.05) is 6.92 Å². The van der Waals surface area contributed by atoms with E-state index in [1.165, 1.54) is 23.1 Å². The fraction of sp³-hybridized carbons (Fsp3) is 0.231. The van der Waals surface area contributed by atoms with Crippen LogP contribution < -0.4 is 4.74 Å². The highest BCUT2D eigenvalue weighted by atomic mass is 19.4. The van der Waals surface area contributed by atoms with Crippen molar-refractivity contribution in [2.75, 3.05) is 0 Å². The average Bonchev–Trinajstić information content (AvgIpc) is 2.85. The number of rotatable bonds is 4. The third kappa shape index (κ3) is 2.98. The summed E-state index contributed by atoms with van der Waals surface area (Å²) in [5, 5.41) is 3.91. The molecule has 0 saturated carbocycles. The summed E-state index contributed by atoms with van der Waals surface area (Å²) in [7, 11) is 0. The molecule has 0 unspecified atom stereocenters. The number of aryl methyl sites for hydroxylation is 1. The summed E-state index contributed by atoms with van der Waals surface area (Å²) in [6.07, 6.45) is -1.42. The number of aromatic nitrogens is 2. The van der Waals surface area contributed by atoms with E-state index in [-0.39, 0.29) is 17.1 Å². The molecule has 0 atom stereocenters. The van der Waals surface area contributed by atoms with E-state index in [1.54, 1.807) is 0 Å². The van der Waals surface area contributed by atoms with Crippen LogP contribution in [0.25, 0.3) is 0 Å². The van der Waals surface area contributed by atoms with Gasteiger partial charge in [-0.2, -0.15) is 18.3 Å². The Labute approximate surface area is 112 Å². The van der Waals surface area contributed by atoms with E-state index < -0.39 is 11.7 Å². The molecule has 0 aliphatic carbocycles. The number of carbonyl (C=O) groups excluding carboxylic acids is 1. The number of ether oxygens (including phenoxy) is 1. The summed E-state index contributed by atoms with van der Waals surface area (Å²) < 4.78 is 45.5. The fourth-order valence-electron chi connectivity index (χ4n) is 1.63. The lowest BCUT2D eigenvalue weighted by Crippen LogP contribution is -2.07. The predicted molar refractivity (Wildman–Crippen MR) is 64.8 cm³/mol. The van der Waals surface area contributed by atoms with Crippen LogP contribution in [0.4, 0.5) is 13.2 Å². The Balaban J connectivity index is 2.37. The van der Waals surface area contributed by atoms with Gasteiger partial charge in [-0.05, 0) is 25.1 Å². The normalized spacial score (nSPS) is 11.4. The zero-order chi connectivity index (χ0) is 14.8. The van der Waals surface area contributed by atoms with Gasteiger partial charge in [-0.25, -0.2) is 0 Å². The molecule has 7 heteroatoms. The molecule has 0 saturated heterocycles. The van der Waals surface area contributed by atoms with Crippen molar-refractivity contribution in [1.29, 1.82) is 0 Å². The quantitative estimate of drug-likeness (QED) is 0.807. The molecule has 0 radical (unpaired) electrons. The van der Waals surface area contributed by atoms with Crippen LogP contribution >= 0.6 is 0 Å². The van der Waals surface area contributed by atoms with E-state index in [2.05, 4.69) is 5.10 Å². The molecule has 1 aromatic carbocycles. The minimum atomic E-state index is -4.60. The molecule has 0 aliphatic heterocycles. The topological polar surface area (TPSA) is 44.1 Å². The van der Waals surface area contributed by atoms with Gasteiger partial charge in [0.2, 0.25) is 0 Å². The van der Waals surface area contributed by atoms with E-state index in [0.29, 0.717) is 12.8 Å². The molecule has 1 heterocycles. The first-order valence-electron chi connectivity index (χ1n) is 5.80. The average molecular weight is 284 g/mol. The predicted octanol–water partition coefficient (Wildman–Crippen LogP) is 3.53. The Bertz CT molecular complexity index is 620. The first kappa shape index (κ1) is 14.1. The van der Waals surface area contributed by atoms with E-state index >= 15 is 0 Å². The van der Waals surface area contributed by atoms with Crippen molar-refractivity contribution in [2.45, 2.75) is 19.6 Å². The summed E-state index contributed by atoms with van der Waals surface area (Å²) in [6.45, 7) is 2.43. The van der Waals surface area contributed by atoms with Gasteiger partial charge in [-0.1, -0.05) is 0 Å². The highest BCUT2D eigenvalue weighted by Crippen LogP contribution is 2.38. The van der Waals surface area contributed by atoms with E-state index in [0.717, 1.165) is 12.1 Å². The third-order valence-electron chi connectivity index (χ3n) is 2.61. The number of hydrogen-bond donors (Lipinski definition) is 0. The minimum absolute atomic E-state index is 0.0612. The molecule has 2 aromatic rings. The molecule has 2 rings (SSSR count). The monoisotopic (exact) mass is 284 g/mol. The zero-order valence-corrected chi connectivity index (χ0v) is 10.5. The van der Waals surface area contributed by atoms with Crippen LogP contribution in [0.3, 0.4) is 0 Å². The second kappa shape index (κ2) is 5.36. The minimum Gasteiger partial charge on any atom is -0.453 e. The highest BCUT2D eigenvalue weighted by Gasteiger charge is 2.35. The number of carbonyl (C=O) groups is 1. The largest absolute Gasteiger partial charge is 0.453 e. The summed E-state index contributed by atoms with van der Waals surface area (Å²) in [5.74, 6) is -0.157. The molecule has 0 bridgehead atoms. The molecule has 0 aliphatic rings. The molecule has 0 fully saturated rings. The number of nitrogens with zero attached hydrogens (tertiary/aromatic N) is 2. The van der Waals surface area contributed by atoms with Gasteiger partial charge in [0.05, 0.1) is 18.0 Å². The summed E-state index contributed by atoms with van der Waals surface area (Å²) >= 11 is 0. The van der Waals surface area contributed by atoms with Crippen molar-refractivity contribution in [3.8, 4) is 11.5 Å². The third-order valence-corrected chi connectivity index (χ3v) is 2.61. The van der Waals surface area contributed by atoms with Crippen LogP contribution in [0.15, 0.2) is 30.6 Å². The van der Waals surface area contributed by atoms with Crippen molar-refractivity contribution in [1.82, 2.24) is 9.78 Å². The maximum absolute atomic E-state index is 12.9. The molecule has 106 valence electrons. The Hall–Kier alpha value is -2.31. The van der Waals surface area contributed by atoms with Gasteiger partial charge in [-0.3, -0.25) is 9.48 Å². The number of halogens is 3. The van der Waals surface area contributed by atoms with Crippen molar-refractivity contribution in [3.05, 3.63) is 41.7 Å². The first-order valence-corrected chi connectivity index (χ1v) is 5.80. The summed E-state index contributed by atoms with van der Waals surface area (Å²) in [6, 6.07) is 3.14. The fourth-order valence-corrected chi connectivity index (χ4v) is 1.63. The highest BCUT2D eigenvalue weighted by molar-refractivity contribution is 5.75. The second-order valence-corrected chi connectivity index (χ2v) is 4.01. The second-order valence-electron chi connectivity index (χ2n) is 4.01. The molecule has 0 spiro atoms. The Kier molecular flexibility index (Phi) is 3.78. The van der Waals surface area contributed by atoms with Gasteiger partial charge in [0.15, 0.2) is 5.75 Å². The first-order chi connectivity index (χ1) is 9.44. The summed E-state index contributed by atoms with van der Waals surface area (Å²) in [5.41, 5.74) is -1.06. The smallest absolute Gasteiger partial charge is 0.420 e. The number of hydrogen-bond acceptors (Lipinski definition) is 3. The van der Waals surface area contributed by atoms with E-state index in [9.17, 15) is 18.0 Å². The number of benzene rings is 1. The molecule has 20 heavy (non-hydrogen) atoms. The number of aldehydes is 1. The Morgan fingerprint density at radius 2 is 2.15 bits per heavy atom. The maximum Gasteiger partial charge on any atom is 0.420 e.